The fourth-order valence-corrected chi connectivity index (χ4v) is 4.60. The number of nitrogens with zero attached hydrogens (tertiary/aromatic N) is 2. The molecule has 0 aromatic carbocycles. The summed E-state index contributed by atoms with van der Waals surface area (Å²) in [5, 5.41) is 4.80. The molecule has 2 heterocycles. The van der Waals surface area contributed by atoms with Gasteiger partial charge in [-0.2, -0.15) is 11.8 Å². The first-order chi connectivity index (χ1) is 9.88. The van der Waals surface area contributed by atoms with Crippen LogP contribution >= 0.6 is 23.1 Å². The molecule has 5 heteroatoms. The first-order valence-corrected chi connectivity index (χ1v) is 9.88. The zero-order chi connectivity index (χ0) is 15.5. The molecular formula is C16H29N3S2. The van der Waals surface area contributed by atoms with Crippen LogP contribution in [0.5, 0.6) is 0 Å². The van der Waals surface area contributed by atoms with Crippen molar-refractivity contribution in [3.05, 3.63) is 10.6 Å². The summed E-state index contributed by atoms with van der Waals surface area (Å²) in [7, 11) is 0. The molecule has 0 atom stereocenters. The average molecular weight is 328 g/mol. The van der Waals surface area contributed by atoms with Crippen LogP contribution in [0.1, 0.15) is 45.2 Å². The van der Waals surface area contributed by atoms with E-state index in [-0.39, 0.29) is 5.41 Å². The number of nitrogens with one attached hydrogen (secondary N) is 1. The molecule has 1 saturated heterocycles. The Morgan fingerprint density at radius 3 is 2.48 bits per heavy atom. The van der Waals surface area contributed by atoms with Crippen LogP contribution in [0.3, 0.4) is 0 Å². The maximum Gasteiger partial charge on any atom is 0.185 e. The molecule has 1 aliphatic rings. The van der Waals surface area contributed by atoms with Crippen molar-refractivity contribution in [2.24, 2.45) is 5.92 Å². The number of thiazole rings is 1. The summed E-state index contributed by atoms with van der Waals surface area (Å²) in [5.41, 5.74) is 1.39. The zero-order valence-electron chi connectivity index (χ0n) is 14.0. The van der Waals surface area contributed by atoms with Gasteiger partial charge >= 0.3 is 0 Å². The van der Waals surface area contributed by atoms with Crippen molar-refractivity contribution < 1.29 is 0 Å². The second kappa shape index (κ2) is 7.34. The number of anilines is 1. The van der Waals surface area contributed by atoms with Gasteiger partial charge in [-0.3, -0.25) is 0 Å². The van der Waals surface area contributed by atoms with Crippen LogP contribution in [0.4, 0.5) is 5.13 Å². The molecule has 1 N–H and O–H groups in total. The molecule has 21 heavy (non-hydrogen) atoms. The number of rotatable bonds is 5. The van der Waals surface area contributed by atoms with E-state index < -0.39 is 0 Å². The van der Waals surface area contributed by atoms with Gasteiger partial charge in [0.15, 0.2) is 5.13 Å². The Bertz CT molecular complexity index is 443. The second-order valence-corrected chi connectivity index (χ2v) is 9.43. The maximum atomic E-state index is 5.00. The van der Waals surface area contributed by atoms with Crippen molar-refractivity contribution in [3.63, 3.8) is 0 Å². The monoisotopic (exact) mass is 327 g/mol. The molecule has 120 valence electrons. The maximum absolute atomic E-state index is 5.00. The van der Waals surface area contributed by atoms with Gasteiger partial charge < -0.3 is 10.2 Å². The van der Waals surface area contributed by atoms with Crippen molar-refractivity contribution in [2.75, 3.05) is 36.0 Å². The number of thioether (sulfide) groups is 1. The number of hydrogen-bond donors (Lipinski definition) is 1. The van der Waals surface area contributed by atoms with Crippen LogP contribution in [-0.2, 0) is 12.0 Å². The lowest BCUT2D eigenvalue weighted by Gasteiger charge is -2.25. The SMILES string of the molecule is CC(C)CNCc1sc(N2CCSCC2)nc1C(C)(C)C. The average Bonchev–Trinajstić information content (AvgIpc) is 2.83. The fraction of sp³-hybridized carbons (Fsp3) is 0.812. The molecule has 1 aromatic heterocycles. The smallest absolute Gasteiger partial charge is 0.185 e. The van der Waals surface area contributed by atoms with Gasteiger partial charge in [0, 0.05) is 41.4 Å². The first-order valence-electron chi connectivity index (χ1n) is 7.91. The van der Waals surface area contributed by atoms with E-state index in [2.05, 4.69) is 44.8 Å². The first kappa shape index (κ1) is 17.1. The van der Waals surface area contributed by atoms with Gasteiger partial charge in [0.2, 0.25) is 0 Å². The molecule has 0 radical (unpaired) electrons. The summed E-state index contributed by atoms with van der Waals surface area (Å²) < 4.78 is 0. The molecular weight excluding hydrogens is 298 g/mol. The Morgan fingerprint density at radius 2 is 1.90 bits per heavy atom. The van der Waals surface area contributed by atoms with Crippen LogP contribution in [-0.4, -0.2) is 36.1 Å². The summed E-state index contributed by atoms with van der Waals surface area (Å²) in [4.78, 5) is 8.87. The molecule has 1 fully saturated rings. The van der Waals surface area contributed by atoms with Gasteiger partial charge in [0.1, 0.15) is 0 Å². The van der Waals surface area contributed by atoms with E-state index in [1.807, 2.05) is 23.1 Å². The Morgan fingerprint density at radius 1 is 1.24 bits per heavy atom. The van der Waals surface area contributed by atoms with Crippen molar-refractivity contribution in [1.82, 2.24) is 10.3 Å². The summed E-state index contributed by atoms with van der Waals surface area (Å²) in [6.45, 7) is 15.6. The quantitative estimate of drug-likeness (QED) is 0.892. The predicted octanol–water partition coefficient (Wildman–Crippen LogP) is 3.74. The van der Waals surface area contributed by atoms with Crippen LogP contribution in [0.15, 0.2) is 0 Å². The second-order valence-electron chi connectivity index (χ2n) is 7.14. The topological polar surface area (TPSA) is 28.2 Å². The molecule has 0 spiro atoms. The highest BCUT2D eigenvalue weighted by atomic mass is 32.2. The lowest BCUT2D eigenvalue weighted by atomic mass is 9.91. The molecule has 0 bridgehead atoms. The van der Waals surface area contributed by atoms with E-state index in [1.54, 1.807) is 0 Å². The van der Waals surface area contributed by atoms with Crippen molar-refractivity contribution >= 4 is 28.2 Å². The van der Waals surface area contributed by atoms with Crippen molar-refractivity contribution in [1.29, 1.82) is 0 Å². The highest BCUT2D eigenvalue weighted by molar-refractivity contribution is 7.99. The Balaban J connectivity index is 2.14. The van der Waals surface area contributed by atoms with Crippen LogP contribution in [0.2, 0.25) is 0 Å². The van der Waals surface area contributed by atoms with Gasteiger partial charge in [-0.1, -0.05) is 34.6 Å². The third kappa shape index (κ3) is 4.86. The van der Waals surface area contributed by atoms with Crippen molar-refractivity contribution in [3.8, 4) is 0 Å². The highest BCUT2D eigenvalue weighted by Crippen LogP contribution is 2.34. The van der Waals surface area contributed by atoms with E-state index in [0.717, 1.165) is 26.2 Å². The van der Waals surface area contributed by atoms with E-state index in [4.69, 9.17) is 4.98 Å². The third-order valence-electron chi connectivity index (χ3n) is 3.52. The molecule has 0 amide bonds. The van der Waals surface area contributed by atoms with Crippen LogP contribution in [0.25, 0.3) is 0 Å². The van der Waals surface area contributed by atoms with E-state index in [9.17, 15) is 0 Å². The molecule has 3 nitrogen and oxygen atoms in total. The Labute approximate surface area is 137 Å². The molecule has 2 rings (SSSR count). The Kier molecular flexibility index (Phi) is 5.97. The number of hydrogen-bond acceptors (Lipinski definition) is 5. The minimum Gasteiger partial charge on any atom is -0.346 e. The van der Waals surface area contributed by atoms with Gasteiger partial charge in [0.05, 0.1) is 5.69 Å². The van der Waals surface area contributed by atoms with E-state index >= 15 is 0 Å². The minimum absolute atomic E-state index is 0.119. The molecule has 0 unspecified atom stereocenters. The van der Waals surface area contributed by atoms with E-state index in [0.29, 0.717) is 5.92 Å². The van der Waals surface area contributed by atoms with Crippen LogP contribution < -0.4 is 10.2 Å². The fourth-order valence-electron chi connectivity index (χ4n) is 2.41. The van der Waals surface area contributed by atoms with Gasteiger partial charge in [-0.15, -0.1) is 11.3 Å². The predicted molar refractivity (Wildman–Crippen MR) is 96.9 cm³/mol. The van der Waals surface area contributed by atoms with Gasteiger partial charge in [-0.05, 0) is 12.5 Å². The molecule has 1 aromatic rings. The largest absolute Gasteiger partial charge is 0.346 e. The molecule has 1 aliphatic heterocycles. The summed E-state index contributed by atoms with van der Waals surface area (Å²) >= 11 is 3.94. The highest BCUT2D eigenvalue weighted by Gasteiger charge is 2.25. The van der Waals surface area contributed by atoms with Gasteiger partial charge in [-0.25, -0.2) is 4.98 Å². The molecule has 0 aliphatic carbocycles. The Hall–Kier alpha value is -0.260. The summed E-state index contributed by atoms with van der Waals surface area (Å²) in [6, 6.07) is 0. The third-order valence-corrected chi connectivity index (χ3v) is 5.57. The lowest BCUT2D eigenvalue weighted by molar-refractivity contribution is 0.535. The summed E-state index contributed by atoms with van der Waals surface area (Å²) in [6.07, 6.45) is 0. The standard InChI is InChI=1S/C16H29N3S2/c1-12(2)10-17-11-13-14(16(3,4)5)18-15(21-13)19-6-8-20-9-7-19/h12,17H,6-11H2,1-5H3. The van der Waals surface area contributed by atoms with Gasteiger partial charge in [0.25, 0.3) is 0 Å². The normalized spacial score (nSPS) is 16.8. The number of aromatic nitrogens is 1. The van der Waals surface area contributed by atoms with Crippen LogP contribution in [0, 0.1) is 5.92 Å². The summed E-state index contributed by atoms with van der Waals surface area (Å²) in [5.74, 6) is 3.14. The van der Waals surface area contributed by atoms with Crippen molar-refractivity contribution in [2.45, 2.75) is 46.6 Å². The minimum atomic E-state index is 0.119. The lowest BCUT2D eigenvalue weighted by Crippen LogP contribution is -2.32. The molecule has 0 saturated carbocycles. The van der Waals surface area contributed by atoms with E-state index in [1.165, 1.54) is 27.2 Å². The zero-order valence-corrected chi connectivity index (χ0v) is 15.7.